The lowest BCUT2D eigenvalue weighted by atomic mass is 9.97. The fraction of sp³-hybridized carbons (Fsp3) is 0.455. The number of hydrogen-bond acceptors (Lipinski definition) is 3. The summed E-state index contributed by atoms with van der Waals surface area (Å²) in [6, 6.07) is 0. The molecule has 1 aliphatic rings. The number of hydrogen-bond donors (Lipinski definition) is 0. The zero-order valence-electron chi connectivity index (χ0n) is 8.75. The maximum Gasteiger partial charge on any atom is 0.337 e. The number of esters is 1. The van der Waals surface area contributed by atoms with E-state index in [2.05, 4.69) is 20.7 Å². The van der Waals surface area contributed by atoms with Crippen LogP contribution in [0, 0.1) is 5.92 Å². The summed E-state index contributed by atoms with van der Waals surface area (Å²) in [5.74, 6) is -0.176. The summed E-state index contributed by atoms with van der Waals surface area (Å²) in [6.45, 7) is 1.98. The highest BCUT2D eigenvalue weighted by Gasteiger charge is 2.17. The summed E-state index contributed by atoms with van der Waals surface area (Å²) in [5, 5.41) is 0. The Morgan fingerprint density at radius 3 is 2.87 bits per heavy atom. The Bertz CT molecular complexity index is 342. The van der Waals surface area contributed by atoms with E-state index in [9.17, 15) is 9.59 Å². The molecule has 0 spiro atoms. The van der Waals surface area contributed by atoms with Gasteiger partial charge in [-0.3, -0.25) is 4.79 Å². The molecular formula is C11H13BrO3. The standard InChI is InChI=1S/C11H13BrO3/c1-7-3-4-10(13)9(12)6-8(5-7)11(14)15-2/h5-7H,3-4H2,1-2H3. The molecule has 3 nitrogen and oxygen atoms in total. The lowest BCUT2D eigenvalue weighted by molar-refractivity contribution is -0.135. The first-order valence-electron chi connectivity index (χ1n) is 4.75. The van der Waals surface area contributed by atoms with Gasteiger partial charge in [0.15, 0.2) is 5.78 Å². The van der Waals surface area contributed by atoms with Gasteiger partial charge in [-0.25, -0.2) is 4.79 Å². The van der Waals surface area contributed by atoms with Crippen LogP contribution in [0.15, 0.2) is 22.2 Å². The fourth-order valence-corrected chi connectivity index (χ4v) is 1.82. The van der Waals surface area contributed by atoms with Crippen LogP contribution >= 0.6 is 15.9 Å². The van der Waals surface area contributed by atoms with E-state index < -0.39 is 5.97 Å². The molecule has 0 fully saturated rings. The normalized spacial score (nSPS) is 22.3. The van der Waals surface area contributed by atoms with Crippen molar-refractivity contribution in [2.24, 2.45) is 5.92 Å². The van der Waals surface area contributed by atoms with Crippen molar-refractivity contribution in [2.45, 2.75) is 19.8 Å². The van der Waals surface area contributed by atoms with Crippen LogP contribution in [0.25, 0.3) is 0 Å². The van der Waals surface area contributed by atoms with Crippen LogP contribution < -0.4 is 0 Å². The highest BCUT2D eigenvalue weighted by Crippen LogP contribution is 2.22. The number of ether oxygens (including phenoxy) is 1. The number of carbonyl (C=O) groups excluding carboxylic acids is 2. The van der Waals surface area contributed by atoms with Crippen LogP contribution in [0.5, 0.6) is 0 Å². The van der Waals surface area contributed by atoms with Crippen LogP contribution in [0.2, 0.25) is 0 Å². The molecule has 0 bridgehead atoms. The smallest absolute Gasteiger partial charge is 0.337 e. The molecule has 0 saturated heterocycles. The van der Waals surface area contributed by atoms with Gasteiger partial charge in [-0.15, -0.1) is 0 Å². The molecule has 1 aliphatic carbocycles. The minimum atomic E-state index is -0.409. The van der Waals surface area contributed by atoms with Gasteiger partial charge in [0.2, 0.25) is 0 Å². The number of rotatable bonds is 1. The van der Waals surface area contributed by atoms with Gasteiger partial charge in [0.1, 0.15) is 0 Å². The number of ketones is 1. The highest BCUT2D eigenvalue weighted by atomic mass is 79.9. The number of carbonyl (C=O) groups is 2. The molecule has 1 rings (SSSR count). The zero-order valence-corrected chi connectivity index (χ0v) is 10.3. The van der Waals surface area contributed by atoms with Crippen molar-refractivity contribution in [3.63, 3.8) is 0 Å². The lowest BCUT2D eigenvalue weighted by Gasteiger charge is -2.11. The summed E-state index contributed by atoms with van der Waals surface area (Å²) in [4.78, 5) is 22.8. The van der Waals surface area contributed by atoms with Crippen LogP contribution in [0.1, 0.15) is 19.8 Å². The van der Waals surface area contributed by atoms with E-state index in [0.717, 1.165) is 6.42 Å². The predicted octanol–water partition coefficient (Wildman–Crippen LogP) is 2.36. The van der Waals surface area contributed by atoms with E-state index in [4.69, 9.17) is 0 Å². The number of Topliss-reactive ketones (excluding diaryl/α,β-unsaturated/α-hetero) is 1. The van der Waals surface area contributed by atoms with E-state index in [1.807, 2.05) is 13.0 Å². The van der Waals surface area contributed by atoms with E-state index >= 15 is 0 Å². The molecule has 82 valence electrons. The summed E-state index contributed by atoms with van der Waals surface area (Å²) in [6.07, 6.45) is 4.62. The van der Waals surface area contributed by atoms with Gasteiger partial charge in [-0.2, -0.15) is 0 Å². The third-order valence-electron chi connectivity index (χ3n) is 2.26. The molecule has 4 heteroatoms. The molecule has 0 heterocycles. The first-order valence-corrected chi connectivity index (χ1v) is 5.54. The molecular weight excluding hydrogens is 260 g/mol. The summed E-state index contributed by atoms with van der Waals surface area (Å²) < 4.78 is 5.07. The quantitative estimate of drug-likeness (QED) is 0.689. The van der Waals surface area contributed by atoms with Crippen LogP contribution in [0.3, 0.4) is 0 Å². The van der Waals surface area contributed by atoms with Crippen LogP contribution in [0.4, 0.5) is 0 Å². The van der Waals surface area contributed by atoms with Crippen LogP contribution in [-0.2, 0) is 14.3 Å². The molecule has 1 atom stereocenters. The predicted molar refractivity (Wildman–Crippen MR) is 60.5 cm³/mol. The monoisotopic (exact) mass is 272 g/mol. The van der Waals surface area contributed by atoms with Gasteiger partial charge in [-0.05, 0) is 34.3 Å². The van der Waals surface area contributed by atoms with E-state index in [-0.39, 0.29) is 11.7 Å². The zero-order chi connectivity index (χ0) is 11.4. The minimum Gasteiger partial charge on any atom is -0.465 e. The number of allylic oxidation sites excluding steroid dienone is 2. The summed E-state index contributed by atoms with van der Waals surface area (Å²) >= 11 is 3.16. The second-order valence-corrected chi connectivity index (χ2v) is 4.40. The summed E-state index contributed by atoms with van der Waals surface area (Å²) in [5.41, 5.74) is 0.435. The lowest BCUT2D eigenvalue weighted by Crippen LogP contribution is -2.10. The van der Waals surface area contributed by atoms with Crippen molar-refractivity contribution in [1.82, 2.24) is 0 Å². The molecule has 15 heavy (non-hydrogen) atoms. The third kappa shape index (κ3) is 3.30. The first kappa shape index (κ1) is 12.2. The molecule has 0 amide bonds. The SMILES string of the molecule is COC(=O)C1=CC(C)CCC(=O)C(Br)=C1. The van der Waals surface area contributed by atoms with Gasteiger partial charge in [0, 0.05) is 6.42 Å². The first-order chi connectivity index (χ1) is 7.04. The van der Waals surface area contributed by atoms with Crippen molar-refractivity contribution in [3.8, 4) is 0 Å². The minimum absolute atomic E-state index is 0.0244. The van der Waals surface area contributed by atoms with E-state index in [0.29, 0.717) is 16.5 Å². The Kier molecular flexibility index (Phi) is 4.27. The molecule has 0 saturated carbocycles. The molecule has 0 aliphatic heterocycles. The van der Waals surface area contributed by atoms with Gasteiger partial charge in [0.25, 0.3) is 0 Å². The van der Waals surface area contributed by atoms with Crippen LogP contribution in [-0.4, -0.2) is 18.9 Å². The maximum absolute atomic E-state index is 11.5. The van der Waals surface area contributed by atoms with Crippen molar-refractivity contribution >= 4 is 27.7 Å². The molecule has 0 aromatic carbocycles. The van der Waals surface area contributed by atoms with Crippen molar-refractivity contribution in [3.05, 3.63) is 22.2 Å². The highest BCUT2D eigenvalue weighted by molar-refractivity contribution is 9.12. The topological polar surface area (TPSA) is 43.4 Å². The third-order valence-corrected chi connectivity index (χ3v) is 2.93. The van der Waals surface area contributed by atoms with Crippen molar-refractivity contribution < 1.29 is 14.3 Å². The van der Waals surface area contributed by atoms with Gasteiger partial charge in [0.05, 0.1) is 17.2 Å². The Hall–Kier alpha value is -0.900. The van der Waals surface area contributed by atoms with Gasteiger partial charge in [-0.1, -0.05) is 13.0 Å². The Labute approximate surface area is 97.3 Å². The Morgan fingerprint density at radius 2 is 2.27 bits per heavy atom. The molecule has 0 N–H and O–H groups in total. The number of methoxy groups -OCH3 is 1. The Morgan fingerprint density at radius 1 is 1.60 bits per heavy atom. The Balaban J connectivity index is 3.04. The molecule has 0 aromatic heterocycles. The molecule has 0 aromatic rings. The average Bonchev–Trinajstić information content (AvgIpc) is 2.22. The van der Waals surface area contributed by atoms with E-state index in [1.165, 1.54) is 13.2 Å². The maximum atomic E-state index is 11.5. The second-order valence-electron chi connectivity index (χ2n) is 3.55. The molecule has 1 unspecified atom stereocenters. The average molecular weight is 273 g/mol. The van der Waals surface area contributed by atoms with Crippen molar-refractivity contribution in [1.29, 1.82) is 0 Å². The summed E-state index contributed by atoms with van der Waals surface area (Å²) in [7, 11) is 1.33. The second kappa shape index (κ2) is 5.26. The molecule has 0 radical (unpaired) electrons. The fourth-order valence-electron chi connectivity index (χ4n) is 1.38. The number of halogens is 1. The van der Waals surface area contributed by atoms with Gasteiger partial charge >= 0.3 is 5.97 Å². The van der Waals surface area contributed by atoms with Gasteiger partial charge < -0.3 is 4.74 Å². The van der Waals surface area contributed by atoms with Crippen molar-refractivity contribution in [2.75, 3.05) is 7.11 Å². The van der Waals surface area contributed by atoms with E-state index in [1.54, 1.807) is 0 Å². The largest absolute Gasteiger partial charge is 0.465 e.